The molecule has 0 radical (unpaired) electrons. The molecule has 2 aliphatic rings. The van der Waals surface area contributed by atoms with E-state index in [4.69, 9.17) is 0 Å². The minimum Gasteiger partial charge on any atom is -0.311 e. The van der Waals surface area contributed by atoms with Crippen molar-refractivity contribution in [2.45, 2.75) is 46.2 Å². The molecule has 0 aromatic carbocycles. The van der Waals surface area contributed by atoms with Crippen LogP contribution in [-0.2, 0) is 0 Å². The zero-order valence-electron chi connectivity index (χ0n) is 10.0. The second kappa shape index (κ2) is 3.49. The van der Waals surface area contributed by atoms with E-state index in [-0.39, 0.29) is 0 Å². The Kier molecular flexibility index (Phi) is 2.61. The first-order valence-electron chi connectivity index (χ1n) is 5.98. The van der Waals surface area contributed by atoms with Crippen LogP contribution in [0.5, 0.6) is 0 Å². The van der Waals surface area contributed by atoms with Crippen LogP contribution in [0, 0.1) is 11.3 Å². The van der Waals surface area contributed by atoms with Crippen molar-refractivity contribution in [2.24, 2.45) is 11.3 Å². The summed E-state index contributed by atoms with van der Waals surface area (Å²) < 4.78 is 0. The number of nitrogens with zero attached hydrogens (tertiary/aromatic N) is 1. The minimum atomic E-state index is 0.596. The Morgan fingerprint density at radius 3 is 2.50 bits per heavy atom. The van der Waals surface area contributed by atoms with E-state index in [9.17, 15) is 0 Å². The topological polar surface area (TPSA) is 15.3 Å². The second-order valence-electron chi connectivity index (χ2n) is 6.01. The van der Waals surface area contributed by atoms with Gasteiger partial charge in [0.1, 0.15) is 0 Å². The second-order valence-corrected chi connectivity index (χ2v) is 6.01. The van der Waals surface area contributed by atoms with Crippen molar-refractivity contribution in [2.75, 3.05) is 19.6 Å². The van der Waals surface area contributed by atoms with Crippen LogP contribution in [0.25, 0.3) is 0 Å². The molecule has 0 aromatic rings. The van der Waals surface area contributed by atoms with Gasteiger partial charge >= 0.3 is 0 Å². The van der Waals surface area contributed by atoms with Gasteiger partial charge in [-0.05, 0) is 17.8 Å². The summed E-state index contributed by atoms with van der Waals surface area (Å²) in [6.45, 7) is 13.1. The van der Waals surface area contributed by atoms with Crippen molar-refractivity contribution in [1.29, 1.82) is 0 Å². The minimum absolute atomic E-state index is 0.596. The standard InChI is InChI=1S/C12H24N2/c1-9(2)10-8-14(6-5-13-10)11-7-12(11,3)4/h9-11,13H,5-8H2,1-4H3. The van der Waals surface area contributed by atoms with Crippen molar-refractivity contribution >= 4 is 0 Å². The van der Waals surface area contributed by atoms with Crippen molar-refractivity contribution in [3.05, 3.63) is 0 Å². The van der Waals surface area contributed by atoms with Crippen molar-refractivity contribution in [3.8, 4) is 0 Å². The zero-order chi connectivity index (χ0) is 10.3. The van der Waals surface area contributed by atoms with E-state index in [0.717, 1.165) is 12.0 Å². The summed E-state index contributed by atoms with van der Waals surface area (Å²) in [7, 11) is 0. The Morgan fingerprint density at radius 1 is 1.36 bits per heavy atom. The molecule has 2 rings (SSSR count). The van der Waals surface area contributed by atoms with Crippen LogP contribution in [0.1, 0.15) is 34.1 Å². The molecular weight excluding hydrogens is 172 g/mol. The van der Waals surface area contributed by atoms with Gasteiger partial charge in [0.2, 0.25) is 0 Å². The average Bonchev–Trinajstić information content (AvgIpc) is 2.75. The Labute approximate surface area is 88.1 Å². The molecule has 1 saturated heterocycles. The first-order valence-corrected chi connectivity index (χ1v) is 5.98. The van der Waals surface area contributed by atoms with Crippen LogP contribution < -0.4 is 5.32 Å². The highest BCUT2D eigenvalue weighted by Crippen LogP contribution is 2.48. The van der Waals surface area contributed by atoms with Gasteiger partial charge in [0, 0.05) is 31.7 Å². The van der Waals surface area contributed by atoms with E-state index >= 15 is 0 Å². The van der Waals surface area contributed by atoms with Crippen LogP contribution in [0.15, 0.2) is 0 Å². The van der Waals surface area contributed by atoms with E-state index in [0.29, 0.717) is 11.5 Å². The summed E-state index contributed by atoms with van der Waals surface area (Å²) in [6, 6.07) is 1.57. The van der Waals surface area contributed by atoms with Gasteiger partial charge < -0.3 is 5.32 Å². The molecule has 2 atom stereocenters. The molecule has 1 aliphatic carbocycles. The molecule has 1 aliphatic heterocycles. The van der Waals surface area contributed by atoms with Crippen LogP contribution in [0.4, 0.5) is 0 Å². The maximum absolute atomic E-state index is 3.62. The highest BCUT2D eigenvalue weighted by Gasteiger charge is 2.49. The fourth-order valence-corrected chi connectivity index (χ4v) is 2.59. The molecule has 0 spiro atoms. The highest BCUT2D eigenvalue weighted by molar-refractivity contribution is 5.04. The molecule has 2 unspecified atom stereocenters. The maximum Gasteiger partial charge on any atom is 0.0218 e. The highest BCUT2D eigenvalue weighted by atomic mass is 15.3. The van der Waals surface area contributed by atoms with Gasteiger partial charge in [0.15, 0.2) is 0 Å². The van der Waals surface area contributed by atoms with Gasteiger partial charge in [-0.2, -0.15) is 0 Å². The predicted molar refractivity (Wildman–Crippen MR) is 60.4 cm³/mol. The monoisotopic (exact) mass is 196 g/mol. The third-order valence-corrected chi connectivity index (χ3v) is 3.94. The van der Waals surface area contributed by atoms with Gasteiger partial charge in [-0.15, -0.1) is 0 Å². The maximum atomic E-state index is 3.62. The number of hydrogen-bond donors (Lipinski definition) is 1. The lowest BCUT2D eigenvalue weighted by Crippen LogP contribution is -2.53. The average molecular weight is 196 g/mol. The lowest BCUT2D eigenvalue weighted by atomic mass is 10.0. The van der Waals surface area contributed by atoms with Gasteiger partial charge in [-0.25, -0.2) is 0 Å². The van der Waals surface area contributed by atoms with Gasteiger partial charge in [-0.1, -0.05) is 27.7 Å². The molecule has 1 saturated carbocycles. The summed E-state index contributed by atoms with van der Waals surface area (Å²) in [5, 5.41) is 3.62. The Bertz CT molecular complexity index is 210. The number of rotatable bonds is 2. The first-order chi connectivity index (χ1) is 6.50. The van der Waals surface area contributed by atoms with Gasteiger partial charge in [0.25, 0.3) is 0 Å². The van der Waals surface area contributed by atoms with Crippen molar-refractivity contribution in [3.63, 3.8) is 0 Å². The van der Waals surface area contributed by atoms with Crippen LogP contribution >= 0.6 is 0 Å². The smallest absolute Gasteiger partial charge is 0.0218 e. The van der Waals surface area contributed by atoms with E-state index in [2.05, 4.69) is 37.9 Å². The molecule has 82 valence electrons. The van der Waals surface area contributed by atoms with Gasteiger partial charge in [0.05, 0.1) is 0 Å². The Morgan fingerprint density at radius 2 is 2.00 bits per heavy atom. The summed E-state index contributed by atoms with van der Waals surface area (Å²) in [5.41, 5.74) is 0.596. The molecule has 2 heteroatoms. The molecule has 2 fully saturated rings. The number of hydrogen-bond acceptors (Lipinski definition) is 2. The summed E-state index contributed by atoms with van der Waals surface area (Å²) >= 11 is 0. The lowest BCUT2D eigenvalue weighted by molar-refractivity contribution is 0.153. The van der Waals surface area contributed by atoms with Crippen LogP contribution in [0.2, 0.25) is 0 Å². The first kappa shape index (κ1) is 10.4. The third kappa shape index (κ3) is 1.96. The molecule has 14 heavy (non-hydrogen) atoms. The summed E-state index contributed by atoms with van der Waals surface area (Å²) in [5.74, 6) is 0.764. The van der Waals surface area contributed by atoms with Gasteiger partial charge in [-0.3, -0.25) is 4.90 Å². The van der Waals surface area contributed by atoms with E-state index < -0.39 is 0 Å². The molecule has 0 bridgehead atoms. The molecule has 0 aromatic heterocycles. The molecule has 0 amide bonds. The predicted octanol–water partition coefficient (Wildman–Crippen LogP) is 1.71. The Balaban J connectivity index is 1.89. The quantitative estimate of drug-likeness (QED) is 0.723. The van der Waals surface area contributed by atoms with E-state index in [1.165, 1.54) is 26.1 Å². The van der Waals surface area contributed by atoms with E-state index in [1.807, 2.05) is 0 Å². The molecular formula is C12H24N2. The summed E-state index contributed by atoms with van der Waals surface area (Å²) in [4.78, 5) is 2.70. The van der Waals surface area contributed by atoms with Crippen LogP contribution in [-0.4, -0.2) is 36.6 Å². The SMILES string of the molecule is CC(C)C1CN(C2CC2(C)C)CCN1. The summed E-state index contributed by atoms with van der Waals surface area (Å²) in [6.07, 6.45) is 1.40. The molecule has 1 heterocycles. The Hall–Kier alpha value is -0.0800. The molecule has 2 nitrogen and oxygen atoms in total. The van der Waals surface area contributed by atoms with Crippen molar-refractivity contribution in [1.82, 2.24) is 10.2 Å². The van der Waals surface area contributed by atoms with Crippen LogP contribution in [0.3, 0.4) is 0 Å². The number of piperazine rings is 1. The fourth-order valence-electron chi connectivity index (χ4n) is 2.59. The van der Waals surface area contributed by atoms with E-state index in [1.54, 1.807) is 0 Å². The van der Waals surface area contributed by atoms with Crippen molar-refractivity contribution < 1.29 is 0 Å². The molecule has 1 N–H and O–H groups in total. The zero-order valence-corrected chi connectivity index (χ0v) is 10.0. The largest absolute Gasteiger partial charge is 0.311 e. The normalized spacial score (nSPS) is 37.5. The fraction of sp³-hybridized carbons (Fsp3) is 1.00. The number of nitrogens with one attached hydrogen (secondary N) is 1. The third-order valence-electron chi connectivity index (χ3n) is 3.94. The lowest BCUT2D eigenvalue weighted by Gasteiger charge is -2.36.